The van der Waals surface area contributed by atoms with Gasteiger partial charge in [0.1, 0.15) is 0 Å². The van der Waals surface area contributed by atoms with Gasteiger partial charge in [0.2, 0.25) is 0 Å². The molecule has 2 rings (SSSR count). The number of carbonyl (C=O) groups excluding carboxylic acids is 1. The SMILES string of the molecule is CN(C)Cc1cccc(/C=N/NC(=O)c2ccncc2)c1N. The van der Waals surface area contributed by atoms with Crippen LogP contribution in [-0.4, -0.2) is 36.1 Å². The van der Waals surface area contributed by atoms with Crippen molar-refractivity contribution in [3.63, 3.8) is 0 Å². The maximum atomic E-state index is 11.8. The molecule has 0 aliphatic heterocycles. The third-order valence-electron chi connectivity index (χ3n) is 3.03. The van der Waals surface area contributed by atoms with E-state index in [2.05, 4.69) is 15.5 Å². The molecule has 114 valence electrons. The van der Waals surface area contributed by atoms with E-state index in [1.54, 1.807) is 30.7 Å². The summed E-state index contributed by atoms with van der Waals surface area (Å²) in [5.41, 5.74) is 11.6. The normalized spacial score (nSPS) is 11.0. The van der Waals surface area contributed by atoms with Gasteiger partial charge in [0.25, 0.3) is 5.91 Å². The van der Waals surface area contributed by atoms with E-state index in [-0.39, 0.29) is 5.91 Å². The number of nitrogens with zero attached hydrogens (tertiary/aromatic N) is 3. The maximum absolute atomic E-state index is 11.8. The van der Waals surface area contributed by atoms with Crippen LogP contribution in [0, 0.1) is 0 Å². The summed E-state index contributed by atoms with van der Waals surface area (Å²) in [6.45, 7) is 0.747. The van der Waals surface area contributed by atoms with Crippen LogP contribution in [0.5, 0.6) is 0 Å². The van der Waals surface area contributed by atoms with Crippen LogP contribution in [0.4, 0.5) is 5.69 Å². The lowest BCUT2D eigenvalue weighted by molar-refractivity contribution is 0.0955. The van der Waals surface area contributed by atoms with Crippen LogP contribution >= 0.6 is 0 Å². The van der Waals surface area contributed by atoms with Crippen molar-refractivity contribution in [3.05, 3.63) is 59.4 Å². The van der Waals surface area contributed by atoms with Crippen LogP contribution in [0.3, 0.4) is 0 Å². The number of hydrazone groups is 1. The second-order valence-electron chi connectivity index (χ2n) is 5.09. The van der Waals surface area contributed by atoms with Crippen molar-refractivity contribution in [2.75, 3.05) is 19.8 Å². The van der Waals surface area contributed by atoms with Crippen LogP contribution in [0.25, 0.3) is 0 Å². The fourth-order valence-corrected chi connectivity index (χ4v) is 1.95. The monoisotopic (exact) mass is 297 g/mol. The molecule has 2 aromatic rings. The van der Waals surface area contributed by atoms with Gasteiger partial charge in [0, 0.05) is 35.8 Å². The first-order chi connectivity index (χ1) is 10.6. The number of benzene rings is 1. The van der Waals surface area contributed by atoms with E-state index in [0.29, 0.717) is 11.3 Å². The van der Waals surface area contributed by atoms with Crippen LogP contribution in [0.2, 0.25) is 0 Å². The molecule has 0 atom stereocenters. The molecule has 1 heterocycles. The van der Waals surface area contributed by atoms with Crippen LogP contribution in [-0.2, 0) is 6.54 Å². The average molecular weight is 297 g/mol. The van der Waals surface area contributed by atoms with Crippen LogP contribution in [0.15, 0.2) is 47.8 Å². The van der Waals surface area contributed by atoms with E-state index in [4.69, 9.17) is 5.73 Å². The molecule has 1 amide bonds. The number of amides is 1. The van der Waals surface area contributed by atoms with Crippen molar-refractivity contribution in [1.29, 1.82) is 0 Å². The van der Waals surface area contributed by atoms with Crippen molar-refractivity contribution in [2.45, 2.75) is 6.54 Å². The lowest BCUT2D eigenvalue weighted by Crippen LogP contribution is -2.17. The molecule has 3 N–H and O–H groups in total. The molecular weight excluding hydrogens is 278 g/mol. The van der Waals surface area contributed by atoms with Gasteiger partial charge in [-0.2, -0.15) is 5.10 Å². The van der Waals surface area contributed by atoms with Crippen molar-refractivity contribution >= 4 is 17.8 Å². The summed E-state index contributed by atoms with van der Waals surface area (Å²) in [5.74, 6) is -0.290. The van der Waals surface area contributed by atoms with E-state index >= 15 is 0 Å². The van der Waals surface area contributed by atoms with Gasteiger partial charge < -0.3 is 10.6 Å². The zero-order valence-corrected chi connectivity index (χ0v) is 12.7. The number of carbonyl (C=O) groups is 1. The largest absolute Gasteiger partial charge is 0.398 e. The predicted molar refractivity (Wildman–Crippen MR) is 87.5 cm³/mol. The highest BCUT2D eigenvalue weighted by molar-refractivity contribution is 5.95. The van der Waals surface area contributed by atoms with E-state index in [1.165, 1.54) is 0 Å². The summed E-state index contributed by atoms with van der Waals surface area (Å²) in [6, 6.07) is 8.99. The van der Waals surface area contributed by atoms with Gasteiger partial charge in [-0.25, -0.2) is 5.43 Å². The Labute approximate surface area is 129 Å². The highest BCUT2D eigenvalue weighted by Crippen LogP contribution is 2.17. The van der Waals surface area contributed by atoms with Crippen molar-refractivity contribution in [1.82, 2.24) is 15.3 Å². The van der Waals surface area contributed by atoms with Gasteiger partial charge in [-0.05, 0) is 31.8 Å². The van der Waals surface area contributed by atoms with Crippen LogP contribution < -0.4 is 11.2 Å². The van der Waals surface area contributed by atoms with Gasteiger partial charge in [0.05, 0.1) is 6.21 Å². The summed E-state index contributed by atoms with van der Waals surface area (Å²) >= 11 is 0. The fourth-order valence-electron chi connectivity index (χ4n) is 1.95. The van der Waals surface area contributed by atoms with E-state index in [1.807, 2.05) is 37.2 Å². The minimum atomic E-state index is -0.290. The number of nitrogen functional groups attached to an aromatic ring is 1. The molecule has 0 saturated heterocycles. The van der Waals surface area contributed by atoms with E-state index < -0.39 is 0 Å². The molecule has 6 nitrogen and oxygen atoms in total. The Morgan fingerprint density at radius 3 is 2.73 bits per heavy atom. The second-order valence-corrected chi connectivity index (χ2v) is 5.09. The summed E-state index contributed by atoms with van der Waals surface area (Å²) in [4.78, 5) is 17.7. The summed E-state index contributed by atoms with van der Waals surface area (Å²) in [6.07, 6.45) is 4.66. The molecule has 0 fully saturated rings. The Kier molecular flexibility index (Phi) is 5.21. The third-order valence-corrected chi connectivity index (χ3v) is 3.03. The standard InChI is InChI=1S/C16H19N5O/c1-21(2)11-14-5-3-4-13(15(14)17)10-19-20-16(22)12-6-8-18-9-7-12/h3-10H,11,17H2,1-2H3,(H,20,22)/b19-10+. The number of para-hydroxylation sites is 1. The molecule has 1 aromatic carbocycles. The predicted octanol–water partition coefficient (Wildman–Crippen LogP) is 1.49. The average Bonchev–Trinajstić information content (AvgIpc) is 2.51. The molecular formula is C16H19N5O. The zero-order chi connectivity index (χ0) is 15.9. The zero-order valence-electron chi connectivity index (χ0n) is 12.7. The molecule has 0 aliphatic carbocycles. The third kappa shape index (κ3) is 4.13. The molecule has 0 spiro atoms. The van der Waals surface area contributed by atoms with Gasteiger partial charge in [-0.1, -0.05) is 18.2 Å². The molecule has 6 heteroatoms. The highest BCUT2D eigenvalue weighted by atomic mass is 16.2. The summed E-state index contributed by atoms with van der Waals surface area (Å²) in [5, 5.41) is 3.96. The summed E-state index contributed by atoms with van der Waals surface area (Å²) < 4.78 is 0. The molecule has 22 heavy (non-hydrogen) atoms. The van der Waals surface area contributed by atoms with Crippen LogP contribution in [0.1, 0.15) is 21.5 Å². The van der Waals surface area contributed by atoms with Crippen molar-refractivity contribution in [2.24, 2.45) is 5.10 Å². The second kappa shape index (κ2) is 7.33. The Balaban J connectivity index is 2.06. The highest BCUT2D eigenvalue weighted by Gasteiger charge is 2.05. The molecule has 0 unspecified atom stereocenters. The van der Waals surface area contributed by atoms with Gasteiger partial charge >= 0.3 is 0 Å². The first-order valence-electron chi connectivity index (χ1n) is 6.83. The Morgan fingerprint density at radius 1 is 1.32 bits per heavy atom. The molecule has 1 aromatic heterocycles. The Bertz CT molecular complexity index is 667. The number of pyridine rings is 1. The lowest BCUT2D eigenvalue weighted by atomic mass is 10.1. The molecule has 0 saturated carbocycles. The number of anilines is 1. The number of rotatable bonds is 5. The Morgan fingerprint density at radius 2 is 2.05 bits per heavy atom. The topological polar surface area (TPSA) is 83.6 Å². The van der Waals surface area contributed by atoms with E-state index in [9.17, 15) is 4.79 Å². The quantitative estimate of drug-likeness (QED) is 0.497. The molecule has 0 radical (unpaired) electrons. The number of nitrogens with one attached hydrogen (secondary N) is 1. The van der Waals surface area contributed by atoms with Crippen molar-refractivity contribution < 1.29 is 4.79 Å². The molecule has 0 bridgehead atoms. The van der Waals surface area contributed by atoms with Gasteiger partial charge in [0.15, 0.2) is 0 Å². The summed E-state index contributed by atoms with van der Waals surface area (Å²) in [7, 11) is 3.96. The molecule has 0 aliphatic rings. The minimum absolute atomic E-state index is 0.290. The van der Waals surface area contributed by atoms with Gasteiger partial charge in [-0.3, -0.25) is 9.78 Å². The Hall–Kier alpha value is -2.73. The van der Waals surface area contributed by atoms with E-state index in [0.717, 1.165) is 17.7 Å². The maximum Gasteiger partial charge on any atom is 0.271 e. The number of hydrogen-bond acceptors (Lipinski definition) is 5. The lowest BCUT2D eigenvalue weighted by Gasteiger charge is -2.13. The first kappa shape index (κ1) is 15.7. The number of nitrogens with two attached hydrogens (primary N) is 1. The van der Waals surface area contributed by atoms with Crippen molar-refractivity contribution in [3.8, 4) is 0 Å². The smallest absolute Gasteiger partial charge is 0.271 e. The minimum Gasteiger partial charge on any atom is -0.398 e. The number of aromatic nitrogens is 1. The fraction of sp³-hybridized carbons (Fsp3) is 0.188. The first-order valence-corrected chi connectivity index (χ1v) is 6.83. The number of hydrogen-bond donors (Lipinski definition) is 2. The van der Waals surface area contributed by atoms with Gasteiger partial charge in [-0.15, -0.1) is 0 Å².